The Morgan fingerprint density at radius 3 is 2.46 bits per heavy atom. The molecule has 2 atom stereocenters. The highest BCUT2D eigenvalue weighted by Crippen LogP contribution is 2.45. The van der Waals surface area contributed by atoms with Gasteiger partial charge in [0.2, 0.25) is 6.10 Å². The summed E-state index contributed by atoms with van der Waals surface area (Å²) in [6.07, 6.45) is -5.58. The highest BCUT2D eigenvalue weighted by Gasteiger charge is 2.52. The zero-order chi connectivity index (χ0) is 19.1. The summed E-state index contributed by atoms with van der Waals surface area (Å²) in [5.74, 6) is -3.23. The van der Waals surface area contributed by atoms with Crippen molar-refractivity contribution >= 4 is 29.3 Å². The van der Waals surface area contributed by atoms with Crippen molar-refractivity contribution in [3.05, 3.63) is 47.0 Å². The first-order valence-corrected chi connectivity index (χ1v) is 9.24. The molecule has 2 aromatic rings. The van der Waals surface area contributed by atoms with Crippen LogP contribution in [0, 0.1) is 5.92 Å². The summed E-state index contributed by atoms with van der Waals surface area (Å²) in [6.45, 7) is 0. The van der Waals surface area contributed by atoms with Gasteiger partial charge in [-0.05, 0) is 48.1 Å². The predicted molar refractivity (Wildman–Crippen MR) is 94.0 cm³/mol. The van der Waals surface area contributed by atoms with E-state index in [0.29, 0.717) is 21.7 Å². The Kier molecular flexibility index (Phi) is 5.12. The Morgan fingerprint density at radius 2 is 1.92 bits per heavy atom. The lowest BCUT2D eigenvalue weighted by atomic mass is 9.88. The molecule has 0 aromatic heterocycles. The van der Waals surface area contributed by atoms with Gasteiger partial charge >= 0.3 is 12.1 Å². The molecule has 138 valence electrons. The van der Waals surface area contributed by atoms with Crippen LogP contribution in [-0.4, -0.2) is 29.6 Å². The highest BCUT2D eigenvalue weighted by atomic mass is 35.5. The third-order valence-corrected chi connectivity index (χ3v) is 5.18. The summed E-state index contributed by atoms with van der Waals surface area (Å²) in [7, 11) is 0. The molecule has 0 saturated carbocycles. The van der Waals surface area contributed by atoms with E-state index in [4.69, 9.17) is 16.3 Å². The lowest BCUT2D eigenvalue weighted by molar-refractivity contribution is -0.217. The molecule has 1 aliphatic heterocycles. The molecule has 0 amide bonds. The number of alkyl halides is 3. The number of halogens is 4. The van der Waals surface area contributed by atoms with E-state index in [1.165, 1.54) is 12.1 Å². The summed E-state index contributed by atoms with van der Waals surface area (Å²) in [6, 6.07) is 10.2. The smallest absolute Gasteiger partial charge is 0.426 e. The van der Waals surface area contributed by atoms with Gasteiger partial charge in [0.15, 0.2) is 0 Å². The molecule has 0 radical (unpaired) electrons. The van der Waals surface area contributed by atoms with E-state index in [2.05, 4.69) is 0 Å². The molecule has 0 unspecified atom stereocenters. The second kappa shape index (κ2) is 7.04. The maximum atomic E-state index is 13.3. The third kappa shape index (κ3) is 3.64. The molecule has 0 aliphatic carbocycles. The quantitative estimate of drug-likeness (QED) is 0.708. The first-order valence-electron chi connectivity index (χ1n) is 7.63. The Hall–Kier alpha value is -1.86. The van der Waals surface area contributed by atoms with Crippen molar-refractivity contribution in [2.75, 3.05) is 6.26 Å². The number of aliphatic carboxylic acids is 1. The molecule has 26 heavy (non-hydrogen) atoms. The number of ether oxygens (including phenoxy) is 1. The minimum Gasteiger partial charge on any atom is -0.481 e. The van der Waals surface area contributed by atoms with E-state index in [0.717, 1.165) is 4.90 Å². The number of rotatable bonds is 3. The van der Waals surface area contributed by atoms with E-state index in [1.807, 2.05) is 18.4 Å². The molecule has 2 aromatic carbocycles. The van der Waals surface area contributed by atoms with Crippen LogP contribution in [-0.2, 0) is 11.2 Å². The largest absolute Gasteiger partial charge is 0.481 e. The fourth-order valence-corrected chi connectivity index (χ4v) is 3.64. The minimum atomic E-state index is -4.79. The molecule has 8 heteroatoms. The summed E-state index contributed by atoms with van der Waals surface area (Å²) in [5, 5.41) is 9.51. The SMILES string of the molecule is CSc1ccc(-c2cc(Cl)cc3c2O[C@H](C(F)(F)F)[C@H](C(=O)O)C3)cc1. The van der Waals surface area contributed by atoms with Crippen LogP contribution in [0.25, 0.3) is 11.1 Å². The number of carboxylic acids is 1. The number of benzene rings is 2. The summed E-state index contributed by atoms with van der Waals surface area (Å²) in [4.78, 5) is 12.3. The molecule has 0 spiro atoms. The zero-order valence-electron chi connectivity index (χ0n) is 13.5. The van der Waals surface area contributed by atoms with Crippen molar-refractivity contribution in [1.29, 1.82) is 0 Å². The summed E-state index contributed by atoms with van der Waals surface area (Å²) >= 11 is 7.66. The monoisotopic (exact) mass is 402 g/mol. The van der Waals surface area contributed by atoms with Crippen LogP contribution in [0.5, 0.6) is 5.75 Å². The van der Waals surface area contributed by atoms with Gasteiger partial charge in [0, 0.05) is 15.5 Å². The number of hydrogen-bond acceptors (Lipinski definition) is 3. The first-order chi connectivity index (χ1) is 12.2. The average molecular weight is 403 g/mol. The van der Waals surface area contributed by atoms with Crippen molar-refractivity contribution in [2.45, 2.75) is 23.6 Å². The average Bonchev–Trinajstić information content (AvgIpc) is 2.59. The second-order valence-electron chi connectivity index (χ2n) is 5.90. The van der Waals surface area contributed by atoms with Gasteiger partial charge < -0.3 is 9.84 Å². The third-order valence-electron chi connectivity index (χ3n) is 4.22. The van der Waals surface area contributed by atoms with Crippen LogP contribution < -0.4 is 4.74 Å². The summed E-state index contributed by atoms with van der Waals surface area (Å²) < 4.78 is 45.2. The highest BCUT2D eigenvalue weighted by molar-refractivity contribution is 7.98. The molecule has 1 heterocycles. The standard InChI is InChI=1S/C18H14ClF3O3S/c1-26-12-4-2-9(3-5-12)13-8-11(19)6-10-7-14(17(23)24)16(18(20,21)22)25-15(10)13/h2-6,8,14,16H,7H2,1H3,(H,23,24)/t14-,16+/m1/s1. The van der Waals surface area contributed by atoms with Crippen LogP contribution in [0.2, 0.25) is 5.02 Å². The van der Waals surface area contributed by atoms with Gasteiger partial charge in [0.05, 0.1) is 0 Å². The Morgan fingerprint density at radius 1 is 1.27 bits per heavy atom. The number of carboxylic acid groups (broad SMARTS) is 1. The van der Waals surface area contributed by atoms with Crippen LogP contribution in [0.4, 0.5) is 13.2 Å². The molecule has 3 rings (SSSR count). The minimum absolute atomic E-state index is 0.0335. The van der Waals surface area contributed by atoms with Crippen molar-refractivity contribution < 1.29 is 27.8 Å². The molecule has 1 aliphatic rings. The van der Waals surface area contributed by atoms with Crippen LogP contribution in [0.15, 0.2) is 41.3 Å². The van der Waals surface area contributed by atoms with Crippen LogP contribution >= 0.6 is 23.4 Å². The molecule has 0 bridgehead atoms. The first kappa shape index (κ1) is 18.9. The molecule has 1 N–H and O–H groups in total. The molecule has 3 nitrogen and oxygen atoms in total. The van der Waals surface area contributed by atoms with E-state index in [-0.39, 0.29) is 12.2 Å². The van der Waals surface area contributed by atoms with E-state index >= 15 is 0 Å². The summed E-state index contributed by atoms with van der Waals surface area (Å²) in [5.41, 5.74) is 1.42. The maximum absolute atomic E-state index is 13.3. The number of fused-ring (bicyclic) bond motifs is 1. The fraction of sp³-hybridized carbons (Fsp3) is 0.278. The van der Waals surface area contributed by atoms with E-state index in [1.54, 1.807) is 23.9 Å². The van der Waals surface area contributed by atoms with Crippen molar-refractivity contribution in [2.24, 2.45) is 5.92 Å². The van der Waals surface area contributed by atoms with Gasteiger partial charge in [0.1, 0.15) is 11.7 Å². The van der Waals surface area contributed by atoms with Gasteiger partial charge in [-0.1, -0.05) is 23.7 Å². The molecule has 0 fully saturated rings. The van der Waals surface area contributed by atoms with Gasteiger partial charge in [-0.25, -0.2) is 0 Å². The normalized spacial score (nSPS) is 19.6. The molecular weight excluding hydrogens is 389 g/mol. The Labute approximate surface area is 157 Å². The van der Waals surface area contributed by atoms with Crippen LogP contribution in [0.3, 0.4) is 0 Å². The van der Waals surface area contributed by atoms with Gasteiger partial charge in [0.25, 0.3) is 0 Å². The topological polar surface area (TPSA) is 46.5 Å². The number of carbonyl (C=O) groups is 1. The fourth-order valence-electron chi connectivity index (χ4n) is 2.99. The van der Waals surface area contributed by atoms with Crippen molar-refractivity contribution in [3.63, 3.8) is 0 Å². The predicted octanol–water partition coefficient (Wildman–Crippen LogP) is 5.30. The Balaban J connectivity index is 2.12. The lowest BCUT2D eigenvalue weighted by Gasteiger charge is -2.33. The lowest BCUT2D eigenvalue weighted by Crippen LogP contribution is -2.47. The Bertz CT molecular complexity index is 837. The van der Waals surface area contributed by atoms with Gasteiger partial charge in [-0.2, -0.15) is 13.2 Å². The van der Waals surface area contributed by atoms with E-state index in [9.17, 15) is 23.1 Å². The number of thioether (sulfide) groups is 1. The second-order valence-corrected chi connectivity index (χ2v) is 7.22. The van der Waals surface area contributed by atoms with Crippen molar-refractivity contribution in [1.82, 2.24) is 0 Å². The van der Waals surface area contributed by atoms with Crippen molar-refractivity contribution in [3.8, 4) is 16.9 Å². The maximum Gasteiger partial charge on any atom is 0.426 e. The van der Waals surface area contributed by atoms with Gasteiger partial charge in [-0.3, -0.25) is 4.79 Å². The van der Waals surface area contributed by atoms with Gasteiger partial charge in [-0.15, -0.1) is 11.8 Å². The zero-order valence-corrected chi connectivity index (χ0v) is 15.1. The number of hydrogen-bond donors (Lipinski definition) is 1. The molecule has 0 saturated heterocycles. The van der Waals surface area contributed by atoms with Crippen LogP contribution in [0.1, 0.15) is 5.56 Å². The molecular formula is C18H14ClF3O3S. The van der Waals surface area contributed by atoms with E-state index < -0.39 is 24.2 Å².